The smallest absolute Gasteiger partial charge is 0.279 e. The van der Waals surface area contributed by atoms with Gasteiger partial charge in [0.05, 0.1) is 0 Å². The first-order chi connectivity index (χ1) is 19.0. The minimum Gasteiger partial charge on any atom is -0.279 e. The number of halogens is 3. The Morgan fingerprint density at radius 2 is 0.625 bits per heavy atom. The van der Waals surface area contributed by atoms with Crippen molar-refractivity contribution in [2.75, 3.05) is 0 Å². The maximum Gasteiger partial charge on any atom is 0.522 e. The predicted molar refractivity (Wildman–Crippen MR) is 167 cm³/mol. The van der Waals surface area contributed by atoms with Gasteiger partial charge < -0.3 is 0 Å². The fourth-order valence-electron chi connectivity index (χ4n) is 5.63. The second-order valence-electron chi connectivity index (χ2n) is 12.1. The Morgan fingerprint density at radius 3 is 0.850 bits per heavy atom. The molecule has 0 aliphatic heterocycles. The van der Waals surface area contributed by atoms with Gasteiger partial charge in [-0.3, -0.25) is 4.55 Å². The third-order valence-electron chi connectivity index (χ3n) is 8.29. The summed E-state index contributed by atoms with van der Waals surface area (Å²) in [6.45, 7) is 9.43. The van der Waals surface area contributed by atoms with Crippen molar-refractivity contribution in [3.63, 3.8) is 0 Å². The molecule has 0 unspecified atom stereocenters. The van der Waals surface area contributed by atoms with Crippen LogP contribution in [0.4, 0.5) is 13.2 Å². The summed E-state index contributed by atoms with van der Waals surface area (Å²) in [4.78, 5) is 0. The van der Waals surface area contributed by atoms with Crippen molar-refractivity contribution in [1.29, 1.82) is 0 Å². The summed E-state index contributed by atoms with van der Waals surface area (Å²) in [6.07, 6.45) is 39.6. The Balaban J connectivity index is 0. The molecule has 0 rings (SSSR count). The summed E-state index contributed by atoms with van der Waals surface area (Å²) < 4.78 is 57.5. The summed E-state index contributed by atoms with van der Waals surface area (Å²) >= 11 is 0. The van der Waals surface area contributed by atoms with E-state index in [2.05, 4.69) is 27.7 Å². The number of unbranched alkanes of at least 4 members (excludes halogenated alkanes) is 19. The molecular formula is C33H67F3O3S. The normalized spacial score (nSPS) is 12.4. The Kier molecular flexibility index (Phi) is 28.8. The largest absolute Gasteiger partial charge is 0.522 e. The number of alkyl halides is 3. The van der Waals surface area contributed by atoms with Gasteiger partial charge in [-0.1, -0.05) is 175 Å². The molecule has 0 bridgehead atoms. The zero-order chi connectivity index (χ0) is 30.6. The molecule has 0 aliphatic carbocycles. The first-order valence-electron chi connectivity index (χ1n) is 17.0. The van der Waals surface area contributed by atoms with Crippen LogP contribution in [0.3, 0.4) is 0 Å². The molecule has 0 aliphatic rings. The van der Waals surface area contributed by atoms with Gasteiger partial charge in [-0.15, -0.1) is 0 Å². The van der Waals surface area contributed by atoms with E-state index in [1.54, 1.807) is 0 Å². The summed E-state index contributed by atoms with van der Waals surface area (Å²) in [5.74, 6) is 0. The lowest BCUT2D eigenvalue weighted by molar-refractivity contribution is -0.0510. The van der Waals surface area contributed by atoms with Crippen LogP contribution in [0.1, 0.15) is 201 Å². The first-order valence-corrected chi connectivity index (χ1v) is 18.5. The molecule has 0 fully saturated rings. The van der Waals surface area contributed by atoms with Crippen molar-refractivity contribution >= 4 is 10.1 Å². The van der Waals surface area contributed by atoms with Crippen LogP contribution in [0.15, 0.2) is 0 Å². The molecule has 0 spiro atoms. The van der Waals surface area contributed by atoms with Crippen LogP contribution in [-0.4, -0.2) is 18.5 Å². The first kappa shape index (κ1) is 41.8. The molecule has 0 saturated heterocycles. The SMILES string of the molecule is CCCCCCCCCCCCCCCCCCCC(CCCC)(CCCC)CCCC.O=S(=O)(O)C(F)(F)F. The fraction of sp³-hybridized carbons (Fsp3) is 1.00. The number of hydrogen-bond donors (Lipinski definition) is 1. The molecule has 0 aromatic rings. The van der Waals surface area contributed by atoms with E-state index in [0.29, 0.717) is 5.41 Å². The highest BCUT2D eigenvalue weighted by Crippen LogP contribution is 2.41. The molecule has 1 N–H and O–H groups in total. The summed E-state index contributed by atoms with van der Waals surface area (Å²) in [6, 6.07) is 0. The highest BCUT2D eigenvalue weighted by atomic mass is 32.2. The molecule has 0 atom stereocenters. The Labute approximate surface area is 248 Å². The average Bonchev–Trinajstić information content (AvgIpc) is 2.90. The molecule has 7 heteroatoms. The van der Waals surface area contributed by atoms with Crippen molar-refractivity contribution < 1.29 is 26.1 Å². The standard InChI is InChI=1S/C32H66.CHF3O3S/c1-5-9-13-14-15-16-17-18-19-20-21-22-23-24-25-26-27-31-32(28-10-6-2,29-11-7-3)30-12-8-4;2-1(3,4)8(5,6)7/h5-31H2,1-4H3;(H,5,6,7). The minimum absolute atomic E-state index is 0.692. The minimum atomic E-state index is -5.84. The van der Waals surface area contributed by atoms with Crippen LogP contribution in [-0.2, 0) is 10.1 Å². The van der Waals surface area contributed by atoms with Gasteiger partial charge in [0.1, 0.15) is 0 Å². The molecule has 244 valence electrons. The maximum absolute atomic E-state index is 10.7. The molecule has 0 aromatic carbocycles. The molecule has 3 nitrogen and oxygen atoms in total. The highest BCUT2D eigenvalue weighted by Gasteiger charge is 2.44. The third-order valence-corrected chi connectivity index (χ3v) is 8.87. The number of hydrogen-bond acceptors (Lipinski definition) is 2. The van der Waals surface area contributed by atoms with Crippen LogP contribution in [0.2, 0.25) is 0 Å². The summed E-state index contributed by atoms with van der Waals surface area (Å²) in [5, 5.41) is 0. The lowest BCUT2D eigenvalue weighted by Crippen LogP contribution is -2.21. The van der Waals surface area contributed by atoms with Crippen LogP contribution in [0.25, 0.3) is 0 Å². The quantitative estimate of drug-likeness (QED) is 0.0579. The van der Waals surface area contributed by atoms with E-state index in [1.165, 1.54) is 173 Å². The molecule has 0 heterocycles. The van der Waals surface area contributed by atoms with Gasteiger partial charge in [-0.05, 0) is 31.1 Å². The van der Waals surface area contributed by atoms with Crippen molar-refractivity contribution in [2.24, 2.45) is 5.41 Å². The van der Waals surface area contributed by atoms with Crippen molar-refractivity contribution in [3.8, 4) is 0 Å². The Morgan fingerprint density at radius 1 is 0.425 bits per heavy atom. The summed E-state index contributed by atoms with van der Waals surface area (Å²) in [7, 11) is -5.84. The van der Waals surface area contributed by atoms with Gasteiger partial charge in [0.15, 0.2) is 0 Å². The molecule has 0 radical (unpaired) electrons. The zero-order valence-corrected chi connectivity index (χ0v) is 27.7. The van der Waals surface area contributed by atoms with E-state index in [4.69, 9.17) is 13.0 Å². The number of rotatable bonds is 27. The van der Waals surface area contributed by atoms with Crippen LogP contribution in [0.5, 0.6) is 0 Å². The van der Waals surface area contributed by atoms with E-state index in [1.807, 2.05) is 0 Å². The molecular weight excluding hydrogens is 533 g/mol. The van der Waals surface area contributed by atoms with E-state index < -0.39 is 15.6 Å². The van der Waals surface area contributed by atoms with Gasteiger partial charge in [0.25, 0.3) is 0 Å². The Bertz CT molecular complexity index is 599. The average molecular weight is 601 g/mol. The van der Waals surface area contributed by atoms with Crippen LogP contribution < -0.4 is 0 Å². The fourth-order valence-corrected chi connectivity index (χ4v) is 5.63. The zero-order valence-electron chi connectivity index (χ0n) is 26.9. The van der Waals surface area contributed by atoms with Crippen molar-refractivity contribution in [2.45, 2.75) is 207 Å². The second-order valence-corrected chi connectivity index (χ2v) is 13.6. The van der Waals surface area contributed by atoms with Gasteiger partial charge in [0, 0.05) is 0 Å². The van der Waals surface area contributed by atoms with Gasteiger partial charge in [0.2, 0.25) is 0 Å². The van der Waals surface area contributed by atoms with Crippen molar-refractivity contribution in [3.05, 3.63) is 0 Å². The lowest BCUT2D eigenvalue weighted by Gasteiger charge is -2.35. The predicted octanol–water partition coefficient (Wildman–Crippen LogP) is 13.0. The maximum atomic E-state index is 10.7. The third kappa shape index (κ3) is 26.6. The lowest BCUT2D eigenvalue weighted by atomic mass is 9.71. The molecule has 0 saturated carbocycles. The molecule has 40 heavy (non-hydrogen) atoms. The van der Waals surface area contributed by atoms with Gasteiger partial charge >= 0.3 is 15.6 Å². The topological polar surface area (TPSA) is 54.4 Å². The van der Waals surface area contributed by atoms with Crippen molar-refractivity contribution in [1.82, 2.24) is 0 Å². The van der Waals surface area contributed by atoms with E-state index in [0.717, 1.165) is 0 Å². The van der Waals surface area contributed by atoms with E-state index in [9.17, 15) is 13.2 Å². The Hall–Kier alpha value is -0.300. The summed E-state index contributed by atoms with van der Waals surface area (Å²) in [5.41, 5.74) is -4.84. The van der Waals surface area contributed by atoms with Gasteiger partial charge in [-0.2, -0.15) is 21.6 Å². The highest BCUT2D eigenvalue weighted by molar-refractivity contribution is 7.86. The second kappa shape index (κ2) is 27.5. The van der Waals surface area contributed by atoms with E-state index >= 15 is 0 Å². The van der Waals surface area contributed by atoms with Crippen LogP contribution in [0, 0.1) is 5.41 Å². The van der Waals surface area contributed by atoms with E-state index in [-0.39, 0.29) is 0 Å². The van der Waals surface area contributed by atoms with Crippen LogP contribution >= 0.6 is 0 Å². The monoisotopic (exact) mass is 600 g/mol. The molecule has 0 aromatic heterocycles. The van der Waals surface area contributed by atoms with Gasteiger partial charge in [-0.25, -0.2) is 0 Å². The molecule has 0 amide bonds.